The van der Waals surface area contributed by atoms with Gasteiger partial charge in [-0.2, -0.15) is 5.10 Å². The molecule has 2 N–H and O–H groups in total. The van der Waals surface area contributed by atoms with Crippen molar-refractivity contribution >= 4 is 5.91 Å². The largest absolute Gasteiger partial charge is 0.388 e. The molecule has 5 nitrogen and oxygen atoms in total. The van der Waals surface area contributed by atoms with Gasteiger partial charge in [-0.25, -0.2) is 0 Å². The maximum absolute atomic E-state index is 12.5. The van der Waals surface area contributed by atoms with Gasteiger partial charge in [0.2, 0.25) is 0 Å². The first-order valence-electron chi connectivity index (χ1n) is 8.25. The number of rotatable bonds is 6. The number of benzene rings is 2. The molecule has 1 atom stereocenters. The van der Waals surface area contributed by atoms with Crippen molar-refractivity contribution < 1.29 is 9.90 Å². The van der Waals surface area contributed by atoms with Gasteiger partial charge in [-0.3, -0.25) is 9.48 Å². The van der Waals surface area contributed by atoms with E-state index in [1.807, 2.05) is 60.7 Å². The Morgan fingerprint density at radius 3 is 2.44 bits per heavy atom. The van der Waals surface area contributed by atoms with Gasteiger partial charge in [-0.1, -0.05) is 60.7 Å². The molecule has 0 aliphatic heterocycles. The number of nitrogens with zero attached hydrogens (tertiary/aromatic N) is 2. The van der Waals surface area contributed by atoms with E-state index < -0.39 is 6.10 Å². The van der Waals surface area contributed by atoms with Crippen LogP contribution < -0.4 is 5.32 Å². The summed E-state index contributed by atoms with van der Waals surface area (Å²) in [5.41, 5.74) is 2.94. The minimum Gasteiger partial charge on any atom is -0.388 e. The lowest BCUT2D eigenvalue weighted by Gasteiger charge is -2.11. The third-order valence-electron chi connectivity index (χ3n) is 4.01. The van der Waals surface area contributed by atoms with Crippen molar-refractivity contribution in [1.29, 1.82) is 0 Å². The van der Waals surface area contributed by atoms with Crippen LogP contribution in [0.4, 0.5) is 0 Å². The van der Waals surface area contributed by atoms with E-state index in [0.717, 1.165) is 11.1 Å². The molecule has 0 aliphatic carbocycles. The fraction of sp³-hybridized carbons (Fsp3) is 0.200. The molecule has 5 heteroatoms. The Hall–Kier alpha value is -2.92. The molecule has 0 radical (unpaired) electrons. The number of hydrogen-bond acceptors (Lipinski definition) is 3. The molecule has 25 heavy (non-hydrogen) atoms. The van der Waals surface area contributed by atoms with Crippen molar-refractivity contribution in [1.82, 2.24) is 15.1 Å². The maximum atomic E-state index is 12.5. The third kappa shape index (κ3) is 4.14. The summed E-state index contributed by atoms with van der Waals surface area (Å²) < 4.78 is 1.63. The van der Waals surface area contributed by atoms with Crippen LogP contribution >= 0.6 is 0 Å². The molecule has 2 aromatic carbocycles. The average molecular weight is 335 g/mol. The molecule has 0 saturated carbocycles. The molecule has 0 saturated heterocycles. The zero-order valence-corrected chi connectivity index (χ0v) is 14.1. The highest BCUT2D eigenvalue weighted by molar-refractivity contribution is 5.99. The summed E-state index contributed by atoms with van der Waals surface area (Å²) in [6, 6.07) is 19.1. The summed E-state index contributed by atoms with van der Waals surface area (Å²) in [6.45, 7) is 0.387. The highest BCUT2D eigenvalue weighted by Gasteiger charge is 2.17. The molecule has 1 amide bonds. The first kappa shape index (κ1) is 16.9. The number of carbonyl (C=O) groups excluding carboxylic acids is 1. The van der Waals surface area contributed by atoms with Gasteiger partial charge < -0.3 is 10.4 Å². The molecule has 0 fully saturated rings. The van der Waals surface area contributed by atoms with Crippen molar-refractivity contribution in [3.05, 3.63) is 78.0 Å². The van der Waals surface area contributed by atoms with Crippen LogP contribution in [-0.2, 0) is 7.05 Å². The van der Waals surface area contributed by atoms with E-state index >= 15 is 0 Å². The minimum absolute atomic E-state index is 0.188. The second kappa shape index (κ2) is 7.77. The predicted molar refractivity (Wildman–Crippen MR) is 97.0 cm³/mol. The van der Waals surface area contributed by atoms with Crippen LogP contribution in [-0.4, -0.2) is 27.3 Å². The normalized spacial score (nSPS) is 11.9. The zero-order valence-electron chi connectivity index (χ0n) is 14.1. The molecule has 0 bridgehead atoms. The van der Waals surface area contributed by atoms with Gasteiger partial charge in [0.1, 0.15) is 5.69 Å². The molecule has 0 spiro atoms. The summed E-state index contributed by atoms with van der Waals surface area (Å²) in [5, 5.41) is 17.4. The second-order valence-corrected chi connectivity index (χ2v) is 5.90. The van der Waals surface area contributed by atoms with Gasteiger partial charge in [0, 0.05) is 25.4 Å². The van der Waals surface area contributed by atoms with Crippen molar-refractivity contribution in [2.24, 2.45) is 7.05 Å². The Balaban J connectivity index is 1.64. The van der Waals surface area contributed by atoms with Crippen LogP contribution in [0, 0.1) is 0 Å². The number of amides is 1. The van der Waals surface area contributed by atoms with Crippen LogP contribution in [0.5, 0.6) is 0 Å². The lowest BCUT2D eigenvalue weighted by atomic mass is 10.1. The number of hydrogen-bond donors (Lipinski definition) is 2. The molecule has 128 valence electrons. The Morgan fingerprint density at radius 2 is 1.76 bits per heavy atom. The summed E-state index contributed by atoms with van der Waals surface area (Å²) in [5.74, 6) is -0.188. The van der Waals surface area contributed by atoms with Gasteiger partial charge in [-0.15, -0.1) is 0 Å². The van der Waals surface area contributed by atoms with E-state index in [-0.39, 0.29) is 5.91 Å². The number of nitrogens with one attached hydrogen (secondary N) is 1. The fourth-order valence-electron chi connectivity index (χ4n) is 2.72. The van der Waals surface area contributed by atoms with E-state index in [9.17, 15) is 9.90 Å². The van der Waals surface area contributed by atoms with E-state index in [2.05, 4.69) is 10.4 Å². The van der Waals surface area contributed by atoms with Gasteiger partial charge in [0.25, 0.3) is 5.91 Å². The van der Waals surface area contributed by atoms with Crippen molar-refractivity contribution in [2.45, 2.75) is 12.5 Å². The molecule has 1 aromatic heterocycles. The zero-order chi connectivity index (χ0) is 17.6. The lowest BCUT2D eigenvalue weighted by molar-refractivity contribution is 0.0943. The monoisotopic (exact) mass is 335 g/mol. The first-order chi connectivity index (χ1) is 12.1. The van der Waals surface area contributed by atoms with Crippen LogP contribution in [0.1, 0.15) is 28.4 Å². The van der Waals surface area contributed by atoms with Crippen molar-refractivity contribution in [2.75, 3.05) is 6.54 Å². The van der Waals surface area contributed by atoms with E-state index in [4.69, 9.17) is 0 Å². The van der Waals surface area contributed by atoms with Gasteiger partial charge >= 0.3 is 0 Å². The molecular formula is C20H21N3O2. The maximum Gasteiger partial charge on any atom is 0.255 e. The number of aromatic nitrogens is 2. The van der Waals surface area contributed by atoms with E-state index in [1.165, 1.54) is 0 Å². The quantitative estimate of drug-likeness (QED) is 0.728. The smallest absolute Gasteiger partial charge is 0.255 e. The number of aliphatic hydroxyl groups excluding tert-OH is 1. The summed E-state index contributed by atoms with van der Waals surface area (Å²) in [6.07, 6.45) is 1.58. The standard InChI is InChI=1S/C20H21N3O2/c1-23-14-17(19(22-23)16-10-6-3-7-11-16)20(25)21-13-12-18(24)15-8-4-2-5-9-15/h2-11,14,18,24H,12-13H2,1H3,(H,21,25). The van der Waals surface area contributed by atoms with E-state index in [0.29, 0.717) is 24.2 Å². The topological polar surface area (TPSA) is 67.2 Å². The van der Waals surface area contributed by atoms with Crippen molar-refractivity contribution in [3.63, 3.8) is 0 Å². The number of aryl methyl sites for hydroxylation is 1. The molecule has 3 rings (SSSR count). The number of carbonyl (C=O) groups is 1. The Morgan fingerprint density at radius 1 is 1.12 bits per heavy atom. The summed E-state index contributed by atoms with van der Waals surface area (Å²) >= 11 is 0. The van der Waals surface area contributed by atoms with Gasteiger partial charge in [-0.05, 0) is 12.0 Å². The van der Waals surface area contributed by atoms with Crippen LogP contribution in [0.2, 0.25) is 0 Å². The van der Waals surface area contributed by atoms with Gasteiger partial charge in [0.05, 0.1) is 11.7 Å². The summed E-state index contributed by atoms with van der Waals surface area (Å²) in [7, 11) is 1.79. The third-order valence-corrected chi connectivity index (χ3v) is 4.01. The second-order valence-electron chi connectivity index (χ2n) is 5.90. The van der Waals surface area contributed by atoms with Crippen molar-refractivity contribution in [3.8, 4) is 11.3 Å². The average Bonchev–Trinajstić information content (AvgIpc) is 3.05. The van der Waals surface area contributed by atoms with Gasteiger partial charge in [0.15, 0.2) is 0 Å². The lowest BCUT2D eigenvalue weighted by Crippen LogP contribution is -2.25. The molecule has 0 aliphatic rings. The molecule has 1 unspecified atom stereocenters. The molecule has 3 aromatic rings. The van der Waals surface area contributed by atoms with Crippen LogP contribution in [0.3, 0.4) is 0 Å². The number of aliphatic hydroxyl groups is 1. The molecular weight excluding hydrogens is 314 g/mol. The highest BCUT2D eigenvalue weighted by Crippen LogP contribution is 2.21. The van der Waals surface area contributed by atoms with E-state index in [1.54, 1.807) is 17.9 Å². The fourth-order valence-corrected chi connectivity index (χ4v) is 2.72. The Labute approximate surface area is 146 Å². The van der Waals surface area contributed by atoms with Crippen LogP contribution in [0.25, 0.3) is 11.3 Å². The molecule has 1 heterocycles. The SMILES string of the molecule is Cn1cc(C(=O)NCCC(O)c2ccccc2)c(-c2ccccc2)n1. The Bertz CT molecular complexity index is 829. The Kier molecular flexibility index (Phi) is 5.26. The first-order valence-corrected chi connectivity index (χ1v) is 8.25. The summed E-state index contributed by atoms with van der Waals surface area (Å²) in [4.78, 5) is 12.5. The van der Waals surface area contributed by atoms with Crippen LogP contribution in [0.15, 0.2) is 66.9 Å². The minimum atomic E-state index is -0.594. The predicted octanol–water partition coefficient (Wildman–Crippen LogP) is 2.94. The highest BCUT2D eigenvalue weighted by atomic mass is 16.3.